The first-order valence-electron chi connectivity index (χ1n) is 18.3. The van der Waals surface area contributed by atoms with E-state index in [1.165, 1.54) is 0 Å². The minimum Gasteiger partial charge on any atom is -0.461 e. The molecule has 5 heterocycles. The molecule has 0 unspecified atom stereocenters. The van der Waals surface area contributed by atoms with Gasteiger partial charge in [-0.1, -0.05) is 66.7 Å². The molecule has 14 nitrogen and oxygen atoms in total. The largest absolute Gasteiger partial charge is 0.461 e. The Bertz CT molecular complexity index is 2470. The average molecular weight is 809 g/mol. The van der Waals surface area contributed by atoms with Crippen LogP contribution in [0.3, 0.4) is 0 Å². The molecule has 2 saturated heterocycles. The van der Waals surface area contributed by atoms with Crippen LogP contribution >= 0.6 is 24.4 Å². The number of rotatable bonds is 10. The number of hydrogen-bond donors (Lipinski definition) is 4. The van der Waals surface area contributed by atoms with Gasteiger partial charge >= 0.3 is 5.97 Å². The number of H-pyrrole nitrogens is 3. The van der Waals surface area contributed by atoms with Crippen molar-refractivity contribution < 1.29 is 33.3 Å². The van der Waals surface area contributed by atoms with E-state index in [2.05, 4.69) is 20.3 Å². The fourth-order valence-electron chi connectivity index (χ4n) is 6.54. The number of anilines is 1. The monoisotopic (exact) mass is 808 g/mol. The summed E-state index contributed by atoms with van der Waals surface area (Å²) in [4.78, 5) is 47.6. The van der Waals surface area contributed by atoms with E-state index >= 15 is 0 Å². The van der Waals surface area contributed by atoms with Gasteiger partial charge in [-0.15, -0.1) is 0 Å². The van der Waals surface area contributed by atoms with Gasteiger partial charge < -0.3 is 43.1 Å². The molecule has 2 aliphatic rings. The Morgan fingerprint density at radius 1 is 0.825 bits per heavy atom. The van der Waals surface area contributed by atoms with E-state index in [4.69, 9.17) is 48.1 Å². The topological polar surface area (TPSA) is 165 Å². The van der Waals surface area contributed by atoms with Crippen LogP contribution in [0.4, 0.5) is 5.69 Å². The van der Waals surface area contributed by atoms with Gasteiger partial charge in [0.15, 0.2) is 22.5 Å². The second kappa shape index (κ2) is 18.5. The van der Waals surface area contributed by atoms with Gasteiger partial charge in [0.25, 0.3) is 11.5 Å². The molecule has 2 aliphatic heterocycles. The van der Waals surface area contributed by atoms with E-state index in [0.29, 0.717) is 54.5 Å². The Kier molecular flexibility index (Phi) is 12.8. The molecule has 0 saturated carbocycles. The van der Waals surface area contributed by atoms with Crippen LogP contribution in [0.1, 0.15) is 62.6 Å². The van der Waals surface area contributed by atoms with Crippen molar-refractivity contribution in [2.24, 2.45) is 0 Å². The number of nitrogens with one attached hydrogen (secondary N) is 4. The molecule has 3 aromatic carbocycles. The zero-order valence-corrected chi connectivity index (χ0v) is 32.5. The summed E-state index contributed by atoms with van der Waals surface area (Å²) in [6.45, 7) is 4.98. The van der Waals surface area contributed by atoms with Crippen LogP contribution in [0.15, 0.2) is 108 Å². The predicted octanol–water partition coefficient (Wildman–Crippen LogP) is 6.44. The van der Waals surface area contributed by atoms with Gasteiger partial charge in [0.1, 0.15) is 11.2 Å². The Morgan fingerprint density at radius 3 is 2.09 bits per heavy atom. The lowest BCUT2D eigenvalue weighted by atomic mass is 10.1. The van der Waals surface area contributed by atoms with Crippen molar-refractivity contribution in [3.05, 3.63) is 152 Å². The van der Waals surface area contributed by atoms with Crippen molar-refractivity contribution in [1.29, 1.82) is 0 Å². The number of thiocarbonyl (C=S) groups is 1. The summed E-state index contributed by atoms with van der Waals surface area (Å²) in [7, 11) is 0. The third kappa shape index (κ3) is 9.12. The van der Waals surface area contributed by atoms with Crippen LogP contribution in [0.2, 0.25) is 0 Å². The van der Waals surface area contributed by atoms with Crippen molar-refractivity contribution in [2.45, 2.75) is 32.6 Å². The first-order chi connectivity index (χ1) is 27.8. The van der Waals surface area contributed by atoms with Gasteiger partial charge in [0.05, 0.1) is 57.3 Å². The maximum Gasteiger partial charge on any atom is 0.356 e. The highest BCUT2D eigenvalue weighted by molar-refractivity contribution is 7.80. The van der Waals surface area contributed by atoms with Crippen LogP contribution in [-0.4, -0.2) is 69.5 Å². The number of amides is 1. The Labute approximate surface area is 337 Å². The number of carbonyl (C=O) groups excluding carboxylic acids is 2. The number of ether oxygens (including phenoxy) is 5. The van der Waals surface area contributed by atoms with Crippen molar-refractivity contribution in [3.63, 3.8) is 0 Å². The zero-order valence-electron chi connectivity index (χ0n) is 30.9. The minimum atomic E-state index is -0.513. The van der Waals surface area contributed by atoms with Crippen molar-refractivity contribution in [3.8, 4) is 0 Å². The molecule has 0 atom stereocenters. The Balaban J connectivity index is 0.000000187. The number of carbonyl (C=O) groups is 2. The molecule has 6 aromatic rings. The second-order valence-corrected chi connectivity index (χ2v) is 13.6. The molecule has 0 bridgehead atoms. The van der Waals surface area contributed by atoms with E-state index in [-0.39, 0.29) is 41.7 Å². The quantitative estimate of drug-likeness (QED) is 0.0890. The first kappa shape index (κ1) is 39.5. The highest BCUT2D eigenvalue weighted by Gasteiger charge is 2.27. The lowest BCUT2D eigenvalue weighted by molar-refractivity contribution is -0.0449. The molecular formula is C41H40N6O8S2. The third-order valence-electron chi connectivity index (χ3n) is 9.22. The molecule has 8 rings (SSSR count). The number of aromatic amines is 3. The van der Waals surface area contributed by atoms with Gasteiger partial charge in [-0.2, -0.15) is 0 Å². The highest BCUT2D eigenvalue weighted by Crippen LogP contribution is 2.30. The summed E-state index contributed by atoms with van der Waals surface area (Å²) in [5.41, 5.74) is 6.05. The number of benzene rings is 3. The van der Waals surface area contributed by atoms with Crippen LogP contribution in [0.5, 0.6) is 0 Å². The summed E-state index contributed by atoms with van der Waals surface area (Å²) in [6, 6.07) is 28.0. The van der Waals surface area contributed by atoms with Gasteiger partial charge in [0, 0.05) is 29.1 Å². The molecular weight excluding hydrogens is 769 g/mol. The van der Waals surface area contributed by atoms with Crippen LogP contribution in [0.25, 0.3) is 11.0 Å². The smallest absolute Gasteiger partial charge is 0.356 e. The van der Waals surface area contributed by atoms with Crippen LogP contribution < -0.4 is 15.8 Å². The van der Waals surface area contributed by atoms with Gasteiger partial charge in [-0.05, 0) is 66.8 Å². The van der Waals surface area contributed by atoms with Gasteiger partial charge in [-0.25, -0.2) is 4.79 Å². The van der Waals surface area contributed by atoms with E-state index in [1.807, 2.05) is 65.2 Å². The Hall–Kier alpha value is -5.75. The fourth-order valence-corrected chi connectivity index (χ4v) is 7.05. The fraction of sp³-hybridized carbons (Fsp3) is 0.244. The molecule has 4 N–H and O–H groups in total. The first-order valence-corrected chi connectivity index (χ1v) is 19.1. The van der Waals surface area contributed by atoms with E-state index in [9.17, 15) is 14.4 Å². The summed E-state index contributed by atoms with van der Waals surface area (Å²) < 4.78 is 30.1. The lowest BCUT2D eigenvalue weighted by Crippen LogP contribution is -2.43. The van der Waals surface area contributed by atoms with E-state index in [0.717, 1.165) is 27.8 Å². The zero-order chi connectivity index (χ0) is 39.7. The molecule has 0 radical (unpaired) electrons. The average Bonchev–Trinajstić information content (AvgIpc) is 4.08. The summed E-state index contributed by atoms with van der Waals surface area (Å²) >= 11 is 11.0. The molecule has 2 fully saturated rings. The van der Waals surface area contributed by atoms with Gasteiger partial charge in [0.2, 0.25) is 0 Å². The lowest BCUT2D eigenvalue weighted by Gasteiger charge is -2.27. The number of nitrogens with zero attached hydrogens (tertiary/aromatic N) is 2. The maximum absolute atomic E-state index is 12.8. The molecule has 3 aromatic heterocycles. The molecule has 1 amide bonds. The van der Waals surface area contributed by atoms with Crippen molar-refractivity contribution in [2.75, 3.05) is 37.9 Å². The highest BCUT2D eigenvalue weighted by atomic mass is 32.1. The van der Waals surface area contributed by atoms with E-state index in [1.54, 1.807) is 54.5 Å². The van der Waals surface area contributed by atoms with Crippen LogP contribution in [-0.2, 0) is 36.8 Å². The minimum absolute atomic E-state index is 0.141. The molecule has 0 spiro atoms. The molecule has 0 aliphatic carbocycles. The summed E-state index contributed by atoms with van der Waals surface area (Å²) in [5.74, 6) is -0.861. The number of hydrogen-bond acceptors (Lipinski definition) is 10. The standard InChI is InChI=1S/C25H25N3O5S.C16H15N3O3S/c1-2-31-23(30)21-20(12-13-26-21)28(25(34)27-22(29)17-8-4-3-5-9-17)16-18-10-6-7-11-19(18)24-32-14-15-33-24;20-14-13-12(5-6-17-13)19(16(23)18-14)9-10-3-1-2-4-11(10)15-21-7-8-22-15/h3-13,24,26H,2,14-16H2,1H3,(H,27,29,34);1-6,15,17H,7-9H2,(H,18,20,23). The normalized spacial score (nSPS) is 14.3. The Morgan fingerprint density at radius 2 is 1.42 bits per heavy atom. The van der Waals surface area contributed by atoms with E-state index < -0.39 is 12.3 Å². The number of aromatic nitrogens is 4. The summed E-state index contributed by atoms with van der Waals surface area (Å²) in [6.07, 6.45) is 2.54. The number of esters is 1. The van der Waals surface area contributed by atoms with Crippen molar-refractivity contribution >= 4 is 58.1 Å². The second-order valence-electron chi connectivity index (χ2n) is 12.8. The number of fused-ring (bicyclic) bond motifs is 1. The summed E-state index contributed by atoms with van der Waals surface area (Å²) in [5, 5.41) is 2.92. The van der Waals surface area contributed by atoms with Crippen molar-refractivity contribution in [1.82, 2.24) is 24.8 Å². The molecule has 294 valence electrons. The SMILES string of the molecule is CCOC(=O)c1[nH]ccc1N(Cc1ccccc1C1OCCO1)C(=S)NC(=O)c1ccccc1.O=c1[nH]c(=S)n(Cc2ccccc2C2OCCO2)c2cc[nH]c12. The molecule has 16 heteroatoms. The maximum atomic E-state index is 12.8. The van der Waals surface area contributed by atoms with Gasteiger partial charge in [-0.3, -0.25) is 19.9 Å². The van der Waals surface area contributed by atoms with Crippen LogP contribution in [0, 0.1) is 4.77 Å². The third-order valence-corrected chi connectivity index (χ3v) is 9.87. The predicted molar refractivity (Wildman–Crippen MR) is 218 cm³/mol. The molecule has 57 heavy (non-hydrogen) atoms.